The highest BCUT2D eigenvalue weighted by atomic mass is 35.5. The number of carbonyl (C=O) groups excluding carboxylic acids is 2. The first kappa shape index (κ1) is 17.2. The number of amides is 1. The molecule has 0 radical (unpaired) electrons. The number of rotatable bonds is 6. The Morgan fingerprint density at radius 3 is 2.48 bits per heavy atom. The second-order valence-electron chi connectivity index (χ2n) is 5.84. The zero-order valence-corrected chi connectivity index (χ0v) is 14.2. The molecule has 1 amide bonds. The van der Waals surface area contributed by atoms with Crippen molar-refractivity contribution < 1.29 is 9.59 Å². The Bertz CT molecular complexity index is 775. The van der Waals surface area contributed by atoms with Crippen LogP contribution in [0.15, 0.2) is 59.7 Å². The topological polar surface area (TPSA) is 70.6 Å². The Labute approximate surface area is 151 Å². The van der Waals surface area contributed by atoms with Crippen molar-refractivity contribution >= 4 is 35.2 Å². The summed E-state index contributed by atoms with van der Waals surface area (Å²) in [5.74, 6) is -0.337. The molecule has 1 aliphatic heterocycles. The van der Waals surface area contributed by atoms with Gasteiger partial charge in [-0.1, -0.05) is 41.9 Å². The molecule has 1 aliphatic rings. The molecule has 3 rings (SSSR count). The van der Waals surface area contributed by atoms with E-state index in [0.29, 0.717) is 10.7 Å². The molecule has 0 aliphatic carbocycles. The molecule has 6 heteroatoms. The molecule has 128 valence electrons. The third-order valence-corrected chi connectivity index (χ3v) is 4.32. The van der Waals surface area contributed by atoms with Crippen molar-refractivity contribution in [1.29, 1.82) is 0 Å². The summed E-state index contributed by atoms with van der Waals surface area (Å²) in [6.07, 6.45) is 2.02. The molecule has 2 unspecified atom stereocenters. The zero-order chi connectivity index (χ0) is 17.6. The van der Waals surface area contributed by atoms with Gasteiger partial charge in [-0.3, -0.25) is 15.0 Å². The number of nitrogens with zero attached hydrogens (tertiary/aromatic N) is 1. The normalized spacial score (nSPS) is 18.6. The number of ketones is 1. The lowest BCUT2D eigenvalue weighted by molar-refractivity contribution is -0.124. The molecule has 0 aromatic heterocycles. The number of hydrogen-bond acceptors (Lipinski definition) is 4. The van der Waals surface area contributed by atoms with Gasteiger partial charge in [0.05, 0.1) is 0 Å². The van der Waals surface area contributed by atoms with Gasteiger partial charge in [-0.25, -0.2) is 0 Å². The minimum absolute atomic E-state index is 0.0300. The summed E-state index contributed by atoms with van der Waals surface area (Å²) in [4.78, 5) is 24.5. The molecule has 1 heterocycles. The predicted octanol–water partition coefficient (Wildman–Crippen LogP) is 3.37. The molecule has 2 atom stereocenters. The highest BCUT2D eigenvalue weighted by molar-refractivity contribution is 6.30. The minimum Gasteiger partial charge on any atom is -0.326 e. The number of hydrazone groups is 1. The SMILES string of the molecule is O=C(CCC(=O)C1NN=CC1c1ccccc1)Nc1ccc(Cl)cc1. The largest absolute Gasteiger partial charge is 0.326 e. The molecule has 0 spiro atoms. The molecule has 2 aromatic rings. The summed E-state index contributed by atoms with van der Waals surface area (Å²) < 4.78 is 0. The first-order chi connectivity index (χ1) is 12.1. The van der Waals surface area contributed by atoms with Crippen LogP contribution in [-0.2, 0) is 9.59 Å². The van der Waals surface area contributed by atoms with Gasteiger partial charge in [0.25, 0.3) is 0 Å². The third kappa shape index (κ3) is 4.45. The van der Waals surface area contributed by atoms with E-state index >= 15 is 0 Å². The van der Waals surface area contributed by atoms with Crippen molar-refractivity contribution in [2.45, 2.75) is 24.8 Å². The zero-order valence-electron chi connectivity index (χ0n) is 13.5. The van der Waals surface area contributed by atoms with Crippen LogP contribution < -0.4 is 10.7 Å². The Morgan fingerprint density at radius 1 is 1.04 bits per heavy atom. The van der Waals surface area contributed by atoms with Crippen LogP contribution >= 0.6 is 11.6 Å². The van der Waals surface area contributed by atoms with Gasteiger partial charge in [-0.15, -0.1) is 0 Å². The van der Waals surface area contributed by atoms with Crippen LogP contribution in [0.5, 0.6) is 0 Å². The van der Waals surface area contributed by atoms with E-state index < -0.39 is 6.04 Å². The maximum Gasteiger partial charge on any atom is 0.224 e. The Balaban J connectivity index is 1.53. The van der Waals surface area contributed by atoms with Crippen molar-refractivity contribution in [1.82, 2.24) is 5.43 Å². The summed E-state index contributed by atoms with van der Waals surface area (Å²) in [5, 5.41) is 7.40. The van der Waals surface area contributed by atoms with E-state index in [1.807, 2.05) is 30.3 Å². The Kier molecular flexibility index (Phi) is 5.46. The second-order valence-corrected chi connectivity index (χ2v) is 6.28. The van der Waals surface area contributed by atoms with Gasteiger partial charge in [0.2, 0.25) is 5.91 Å². The van der Waals surface area contributed by atoms with Crippen LogP contribution in [0.25, 0.3) is 0 Å². The lowest BCUT2D eigenvalue weighted by Gasteiger charge is -2.17. The van der Waals surface area contributed by atoms with Crippen LogP contribution in [0.4, 0.5) is 5.69 Å². The summed E-state index contributed by atoms with van der Waals surface area (Å²) in [6.45, 7) is 0. The van der Waals surface area contributed by atoms with Gasteiger partial charge in [-0.05, 0) is 29.8 Å². The third-order valence-electron chi connectivity index (χ3n) is 4.07. The highest BCUT2D eigenvalue weighted by Gasteiger charge is 2.31. The van der Waals surface area contributed by atoms with E-state index in [0.717, 1.165) is 5.56 Å². The summed E-state index contributed by atoms with van der Waals surface area (Å²) in [6, 6.07) is 16.2. The van der Waals surface area contributed by atoms with Gasteiger partial charge < -0.3 is 5.32 Å². The average Bonchev–Trinajstić information content (AvgIpc) is 3.12. The molecular formula is C19H18ClN3O2. The van der Waals surface area contributed by atoms with E-state index in [9.17, 15) is 9.59 Å². The van der Waals surface area contributed by atoms with Crippen molar-refractivity contribution in [2.24, 2.45) is 5.10 Å². The van der Waals surface area contributed by atoms with Crippen LogP contribution in [-0.4, -0.2) is 23.9 Å². The number of benzene rings is 2. The summed E-state index contributed by atoms with van der Waals surface area (Å²) in [7, 11) is 0. The summed E-state index contributed by atoms with van der Waals surface area (Å²) >= 11 is 5.81. The maximum atomic E-state index is 12.5. The Morgan fingerprint density at radius 2 is 1.76 bits per heavy atom. The summed E-state index contributed by atoms with van der Waals surface area (Å²) in [5.41, 5.74) is 4.54. The molecule has 25 heavy (non-hydrogen) atoms. The van der Waals surface area contributed by atoms with Gasteiger partial charge in [0.15, 0.2) is 5.78 Å². The van der Waals surface area contributed by atoms with E-state index in [-0.39, 0.29) is 30.4 Å². The van der Waals surface area contributed by atoms with E-state index in [1.54, 1.807) is 30.5 Å². The Hall–Kier alpha value is -2.66. The van der Waals surface area contributed by atoms with Gasteiger partial charge >= 0.3 is 0 Å². The first-order valence-corrected chi connectivity index (χ1v) is 8.43. The number of anilines is 1. The minimum atomic E-state index is -0.425. The lowest BCUT2D eigenvalue weighted by Crippen LogP contribution is -2.35. The van der Waals surface area contributed by atoms with Crippen molar-refractivity contribution in [3.8, 4) is 0 Å². The second kappa shape index (κ2) is 7.94. The van der Waals surface area contributed by atoms with Crippen LogP contribution in [0.2, 0.25) is 5.02 Å². The van der Waals surface area contributed by atoms with Crippen LogP contribution in [0, 0.1) is 0 Å². The van der Waals surface area contributed by atoms with Gasteiger partial charge in [-0.2, -0.15) is 5.10 Å². The van der Waals surface area contributed by atoms with Crippen molar-refractivity contribution in [2.75, 3.05) is 5.32 Å². The number of nitrogens with one attached hydrogen (secondary N) is 2. The molecule has 0 bridgehead atoms. The van der Waals surface area contributed by atoms with Crippen molar-refractivity contribution in [3.63, 3.8) is 0 Å². The lowest BCUT2D eigenvalue weighted by atomic mass is 9.90. The highest BCUT2D eigenvalue weighted by Crippen LogP contribution is 2.23. The average molecular weight is 356 g/mol. The van der Waals surface area contributed by atoms with Gasteiger partial charge in [0.1, 0.15) is 6.04 Å². The van der Waals surface area contributed by atoms with Crippen LogP contribution in [0.1, 0.15) is 24.3 Å². The van der Waals surface area contributed by atoms with E-state index in [1.165, 1.54) is 0 Å². The smallest absolute Gasteiger partial charge is 0.224 e. The quantitative estimate of drug-likeness (QED) is 0.834. The number of carbonyl (C=O) groups is 2. The fraction of sp³-hybridized carbons (Fsp3) is 0.211. The number of hydrogen-bond donors (Lipinski definition) is 2. The van der Waals surface area contributed by atoms with Crippen LogP contribution in [0.3, 0.4) is 0 Å². The van der Waals surface area contributed by atoms with E-state index in [4.69, 9.17) is 11.6 Å². The molecule has 5 nitrogen and oxygen atoms in total. The fourth-order valence-corrected chi connectivity index (χ4v) is 2.87. The number of halogens is 1. The fourth-order valence-electron chi connectivity index (χ4n) is 2.74. The molecule has 2 N–H and O–H groups in total. The van der Waals surface area contributed by atoms with E-state index in [2.05, 4.69) is 15.8 Å². The van der Waals surface area contributed by atoms with Gasteiger partial charge in [0, 0.05) is 35.7 Å². The standard InChI is InChI=1S/C19H18ClN3O2/c20-14-6-8-15(9-7-14)22-18(25)11-10-17(24)19-16(12-21-23-19)13-4-2-1-3-5-13/h1-9,12,16,19,23H,10-11H2,(H,22,25). The van der Waals surface area contributed by atoms with Crippen molar-refractivity contribution in [3.05, 3.63) is 65.2 Å². The maximum absolute atomic E-state index is 12.5. The molecule has 2 aromatic carbocycles. The monoisotopic (exact) mass is 355 g/mol. The number of Topliss-reactive ketones (excluding diaryl/α,β-unsaturated/α-hetero) is 1. The molecular weight excluding hydrogens is 338 g/mol. The molecule has 0 saturated carbocycles. The predicted molar refractivity (Wildman–Crippen MR) is 98.9 cm³/mol. The molecule has 0 fully saturated rings. The molecule has 0 saturated heterocycles. The first-order valence-electron chi connectivity index (χ1n) is 8.05.